The molecule has 8 heteroatoms. The van der Waals surface area contributed by atoms with Crippen LogP contribution in [-0.2, 0) is 4.79 Å². The second kappa shape index (κ2) is 12.2. The normalized spacial score (nSPS) is 17.3. The van der Waals surface area contributed by atoms with Gasteiger partial charge in [-0.25, -0.2) is 0 Å². The number of carbonyl (C=O) groups excluding carboxylic acids is 2. The van der Waals surface area contributed by atoms with Crippen molar-refractivity contribution in [2.45, 2.75) is 52.6 Å². The lowest BCUT2D eigenvalue weighted by molar-refractivity contribution is -0.143. The fourth-order valence-electron chi connectivity index (χ4n) is 4.24. The van der Waals surface area contributed by atoms with Crippen molar-refractivity contribution < 1.29 is 29.0 Å². The van der Waals surface area contributed by atoms with E-state index in [-0.39, 0.29) is 23.8 Å². The third kappa shape index (κ3) is 7.21. The zero-order valence-electron chi connectivity index (χ0n) is 20.6. The Morgan fingerprint density at radius 2 is 1.60 bits per heavy atom. The van der Waals surface area contributed by atoms with Gasteiger partial charge in [0.2, 0.25) is 0 Å². The van der Waals surface area contributed by atoms with Gasteiger partial charge in [-0.1, -0.05) is 0 Å². The summed E-state index contributed by atoms with van der Waals surface area (Å²) in [5.41, 5.74) is 2.76. The molecule has 35 heavy (non-hydrogen) atoms. The van der Waals surface area contributed by atoms with Gasteiger partial charge >= 0.3 is 5.97 Å². The van der Waals surface area contributed by atoms with Crippen LogP contribution in [0.2, 0.25) is 0 Å². The lowest BCUT2D eigenvalue weighted by Gasteiger charge is -2.27. The van der Waals surface area contributed by atoms with Gasteiger partial charge < -0.3 is 25.2 Å². The number of hydrogen-bond acceptors (Lipinski definition) is 5. The molecule has 0 atom stereocenters. The number of hydrogen-bond donors (Lipinski definition) is 3. The Kier molecular flexibility index (Phi) is 9.11. The molecule has 3 N–H and O–H groups in total. The molecule has 1 saturated carbocycles. The smallest absolute Gasteiger partial charge is 0.306 e. The zero-order chi connectivity index (χ0) is 25.4. The third-order valence-corrected chi connectivity index (χ3v) is 6.20. The van der Waals surface area contributed by atoms with E-state index in [4.69, 9.17) is 14.6 Å². The summed E-state index contributed by atoms with van der Waals surface area (Å²) in [4.78, 5) is 36.1. The minimum atomic E-state index is -0.736. The highest BCUT2D eigenvalue weighted by Gasteiger charge is 2.27. The third-order valence-electron chi connectivity index (χ3n) is 6.20. The number of aliphatic carboxylic acids is 1. The maximum absolute atomic E-state index is 12.6. The minimum absolute atomic E-state index is 0.00699. The molecule has 188 valence electrons. The molecular formula is C27H34N2O6. The standard InChI is InChI=1S/C27H34N2O6/c1-4-34-24-12-7-20(15-18(24)3)25(30)28-13-14-29-26(31)23-11-10-22(16-17(23)2)35-21-8-5-19(6-9-21)27(32)33/h7,10-12,15-16,19,21H,4-6,8-9,13-14H2,1-3H3,(H,28,30)(H,29,31)(H,32,33). The largest absolute Gasteiger partial charge is 0.494 e. The summed E-state index contributed by atoms with van der Waals surface area (Å²) >= 11 is 0. The second-order valence-electron chi connectivity index (χ2n) is 8.83. The van der Waals surface area contributed by atoms with Crippen LogP contribution >= 0.6 is 0 Å². The van der Waals surface area contributed by atoms with Gasteiger partial charge in [0.15, 0.2) is 0 Å². The van der Waals surface area contributed by atoms with E-state index in [1.165, 1.54) is 0 Å². The first-order chi connectivity index (χ1) is 16.8. The van der Waals surface area contributed by atoms with Crippen LogP contribution in [0.3, 0.4) is 0 Å². The topological polar surface area (TPSA) is 114 Å². The molecule has 0 unspecified atom stereocenters. The van der Waals surface area contributed by atoms with E-state index in [0.717, 1.165) is 16.9 Å². The van der Waals surface area contributed by atoms with Gasteiger partial charge in [-0.15, -0.1) is 0 Å². The predicted octanol–water partition coefficient (Wildman–Crippen LogP) is 3.88. The Morgan fingerprint density at radius 1 is 0.914 bits per heavy atom. The van der Waals surface area contributed by atoms with Crippen molar-refractivity contribution in [2.24, 2.45) is 5.92 Å². The molecule has 2 aromatic carbocycles. The van der Waals surface area contributed by atoms with Gasteiger partial charge in [-0.3, -0.25) is 14.4 Å². The van der Waals surface area contributed by atoms with Crippen LogP contribution in [0.25, 0.3) is 0 Å². The summed E-state index contributed by atoms with van der Waals surface area (Å²) in [5.74, 6) is -0.00922. The Hall–Kier alpha value is -3.55. The van der Waals surface area contributed by atoms with E-state index in [1.807, 2.05) is 26.8 Å². The number of benzene rings is 2. The maximum atomic E-state index is 12.6. The molecule has 1 aliphatic rings. The quantitative estimate of drug-likeness (QED) is 0.443. The Balaban J connectivity index is 1.44. The molecule has 0 radical (unpaired) electrons. The van der Waals surface area contributed by atoms with Gasteiger partial charge in [0.25, 0.3) is 11.8 Å². The molecule has 0 aliphatic heterocycles. The van der Waals surface area contributed by atoms with E-state index in [2.05, 4.69) is 10.6 Å². The number of ether oxygens (including phenoxy) is 2. The monoisotopic (exact) mass is 482 g/mol. The van der Waals surface area contributed by atoms with Crippen LogP contribution in [-0.4, -0.2) is 48.7 Å². The Labute approximate surface area is 206 Å². The van der Waals surface area contributed by atoms with Crippen molar-refractivity contribution in [3.63, 3.8) is 0 Å². The first-order valence-electron chi connectivity index (χ1n) is 12.1. The molecule has 3 rings (SSSR count). The summed E-state index contributed by atoms with van der Waals surface area (Å²) in [6, 6.07) is 10.6. The zero-order valence-corrected chi connectivity index (χ0v) is 20.6. The van der Waals surface area contributed by atoms with E-state index in [0.29, 0.717) is 62.3 Å². The molecule has 0 saturated heterocycles. The minimum Gasteiger partial charge on any atom is -0.494 e. The summed E-state index contributed by atoms with van der Waals surface area (Å²) < 4.78 is 11.5. The molecular weight excluding hydrogens is 448 g/mol. The van der Waals surface area contributed by atoms with Crippen LogP contribution in [0, 0.1) is 19.8 Å². The summed E-state index contributed by atoms with van der Waals surface area (Å²) in [7, 11) is 0. The van der Waals surface area contributed by atoms with Crippen molar-refractivity contribution in [3.05, 3.63) is 58.7 Å². The number of rotatable bonds is 10. The number of carbonyl (C=O) groups is 3. The molecule has 0 spiro atoms. The highest BCUT2D eigenvalue weighted by Crippen LogP contribution is 2.28. The second-order valence-corrected chi connectivity index (χ2v) is 8.83. The van der Waals surface area contributed by atoms with Gasteiger partial charge in [0.1, 0.15) is 11.5 Å². The average molecular weight is 483 g/mol. The fourth-order valence-corrected chi connectivity index (χ4v) is 4.24. The van der Waals surface area contributed by atoms with Crippen molar-refractivity contribution >= 4 is 17.8 Å². The van der Waals surface area contributed by atoms with Crippen molar-refractivity contribution in [2.75, 3.05) is 19.7 Å². The molecule has 0 heterocycles. The molecule has 8 nitrogen and oxygen atoms in total. The molecule has 1 aliphatic carbocycles. The van der Waals surface area contributed by atoms with Crippen molar-refractivity contribution in [1.29, 1.82) is 0 Å². The van der Waals surface area contributed by atoms with Gasteiger partial charge in [0.05, 0.1) is 18.6 Å². The Morgan fingerprint density at radius 3 is 2.20 bits per heavy atom. The van der Waals surface area contributed by atoms with Crippen LogP contribution in [0.15, 0.2) is 36.4 Å². The van der Waals surface area contributed by atoms with E-state index < -0.39 is 5.97 Å². The van der Waals surface area contributed by atoms with E-state index in [1.54, 1.807) is 30.3 Å². The lowest BCUT2D eigenvalue weighted by atomic mass is 9.87. The molecule has 0 aromatic heterocycles. The van der Waals surface area contributed by atoms with Gasteiger partial charge in [-0.05, 0) is 94.0 Å². The van der Waals surface area contributed by atoms with Crippen molar-refractivity contribution in [3.8, 4) is 11.5 Å². The van der Waals surface area contributed by atoms with E-state index >= 15 is 0 Å². The average Bonchev–Trinajstić information content (AvgIpc) is 2.83. The van der Waals surface area contributed by atoms with Crippen LogP contribution < -0.4 is 20.1 Å². The van der Waals surface area contributed by atoms with Crippen molar-refractivity contribution in [1.82, 2.24) is 10.6 Å². The summed E-state index contributed by atoms with van der Waals surface area (Å²) in [6.07, 6.45) is 2.65. The first-order valence-corrected chi connectivity index (χ1v) is 12.1. The van der Waals surface area contributed by atoms with Crippen LogP contribution in [0.4, 0.5) is 0 Å². The summed E-state index contributed by atoms with van der Waals surface area (Å²) in [5, 5.41) is 14.8. The molecule has 2 aromatic rings. The Bertz CT molecular complexity index is 1060. The number of aryl methyl sites for hydroxylation is 2. The summed E-state index contributed by atoms with van der Waals surface area (Å²) in [6.45, 7) is 6.82. The number of carboxylic acid groups (broad SMARTS) is 1. The predicted molar refractivity (Wildman–Crippen MR) is 132 cm³/mol. The highest BCUT2D eigenvalue weighted by molar-refractivity contribution is 5.96. The molecule has 1 fully saturated rings. The molecule has 2 amide bonds. The van der Waals surface area contributed by atoms with E-state index in [9.17, 15) is 14.4 Å². The first kappa shape index (κ1) is 26.1. The number of nitrogens with one attached hydrogen (secondary N) is 2. The molecule has 0 bridgehead atoms. The van der Waals surface area contributed by atoms with Crippen LogP contribution in [0.1, 0.15) is 64.4 Å². The van der Waals surface area contributed by atoms with Crippen LogP contribution in [0.5, 0.6) is 11.5 Å². The SMILES string of the molecule is CCOc1ccc(C(=O)NCCNC(=O)c2ccc(OC3CCC(C(=O)O)CC3)cc2C)cc1C. The van der Waals surface area contributed by atoms with Gasteiger partial charge in [-0.2, -0.15) is 0 Å². The highest BCUT2D eigenvalue weighted by atomic mass is 16.5. The fraction of sp³-hybridized carbons (Fsp3) is 0.444. The van der Waals surface area contributed by atoms with Gasteiger partial charge in [0, 0.05) is 24.2 Å². The number of carboxylic acids is 1. The number of amides is 2. The maximum Gasteiger partial charge on any atom is 0.306 e. The lowest BCUT2D eigenvalue weighted by Crippen LogP contribution is -2.35.